The molecule has 1 N–H and O–H groups in total. The van der Waals surface area contributed by atoms with Gasteiger partial charge in [0.2, 0.25) is 0 Å². The molecule has 2 aromatic heterocycles. The Labute approximate surface area is 420 Å². The van der Waals surface area contributed by atoms with Crippen LogP contribution in [-0.4, -0.2) is 19.6 Å². The van der Waals surface area contributed by atoms with Gasteiger partial charge in [0.15, 0.2) is 0 Å². The summed E-state index contributed by atoms with van der Waals surface area (Å²) in [6.45, 7) is 13.6. The van der Waals surface area contributed by atoms with Crippen molar-refractivity contribution in [1.82, 2.24) is 14.5 Å². The summed E-state index contributed by atoms with van der Waals surface area (Å²) in [4.78, 5) is 9.65. The molecule has 8 rings (SSSR count). The SMILES string of the molecule is [2H]c1nc(-c2[c-]c(-c3cccc4c3nc(-c3ccccc3O)n4-c3ccc(-c4c(C(C)(CC)CC)cccc4C(C)(CC)CC)cc3C([2H])([2H])[2H])cc(C(C)(C)C)c2)c([2H])c(-c2c([2H])c([2H])c(C([2H])([2H])[2H])c([2H])c2[2H])c1[2H].[Pt]. The third-order valence-corrected chi connectivity index (χ3v) is 13.6. The Balaban J connectivity index is 0.00000882. The Morgan fingerprint density at radius 2 is 1.32 bits per heavy atom. The molecule has 6 aromatic carbocycles. The van der Waals surface area contributed by atoms with E-state index >= 15 is 0 Å². The molecule has 0 saturated heterocycles. The summed E-state index contributed by atoms with van der Waals surface area (Å²) in [5.41, 5.74) is 4.87. The molecule has 5 heteroatoms. The number of para-hydroxylation sites is 2. The van der Waals surface area contributed by atoms with Gasteiger partial charge in [-0.3, -0.25) is 9.55 Å². The van der Waals surface area contributed by atoms with E-state index < -0.39 is 78.2 Å². The number of aromatic nitrogens is 3. The summed E-state index contributed by atoms with van der Waals surface area (Å²) < 4.78 is 115. The van der Waals surface area contributed by atoms with Crippen molar-refractivity contribution in [2.24, 2.45) is 0 Å². The maximum atomic E-state index is 11.6. The zero-order chi connectivity index (χ0) is 56.6. The summed E-state index contributed by atoms with van der Waals surface area (Å²) >= 11 is 0. The Morgan fingerprint density at radius 1 is 0.677 bits per heavy atom. The first-order chi connectivity index (χ1) is 36.0. The second kappa shape index (κ2) is 18.7. The van der Waals surface area contributed by atoms with Crippen LogP contribution in [0.5, 0.6) is 5.75 Å². The van der Waals surface area contributed by atoms with Crippen LogP contribution in [0.25, 0.3) is 72.7 Å². The van der Waals surface area contributed by atoms with E-state index in [-0.39, 0.29) is 60.3 Å². The molecule has 0 atom stereocenters. The minimum atomic E-state index is -2.99. The van der Waals surface area contributed by atoms with Gasteiger partial charge in [-0.05, 0) is 131 Å². The van der Waals surface area contributed by atoms with Crippen molar-refractivity contribution in [3.63, 3.8) is 0 Å². The van der Waals surface area contributed by atoms with Gasteiger partial charge in [0.25, 0.3) is 0 Å². The van der Waals surface area contributed by atoms with Crippen molar-refractivity contribution < 1.29 is 44.0 Å². The van der Waals surface area contributed by atoms with Crippen LogP contribution >= 0.6 is 0 Å². The quantitative estimate of drug-likeness (QED) is 0.124. The maximum Gasteiger partial charge on any atom is 0.148 e. The van der Waals surface area contributed by atoms with Gasteiger partial charge in [-0.2, -0.15) is 0 Å². The molecule has 0 aliphatic rings. The first kappa shape index (κ1) is 33.0. The predicted molar refractivity (Wildman–Crippen MR) is 271 cm³/mol. The number of imidazole rings is 1. The summed E-state index contributed by atoms with van der Waals surface area (Å²) in [6.07, 6.45) is 2.87. The van der Waals surface area contributed by atoms with Crippen molar-refractivity contribution in [1.29, 1.82) is 0 Å². The van der Waals surface area contributed by atoms with Gasteiger partial charge in [0, 0.05) is 41.2 Å². The van der Waals surface area contributed by atoms with Gasteiger partial charge in [0.05, 0.1) is 31.9 Å². The average molecular weight is 1050 g/mol. The van der Waals surface area contributed by atoms with Crippen LogP contribution in [0, 0.1) is 19.8 Å². The molecule has 0 amide bonds. The first-order valence-corrected chi connectivity index (χ1v) is 22.2. The molecule has 0 saturated carbocycles. The topological polar surface area (TPSA) is 50.9 Å². The monoisotopic (exact) mass is 1050 g/mol. The van der Waals surface area contributed by atoms with Gasteiger partial charge < -0.3 is 5.11 Å². The first-order valence-electron chi connectivity index (χ1n) is 28.7. The molecule has 0 aliphatic heterocycles. The molecule has 8 aromatic rings. The fourth-order valence-corrected chi connectivity index (χ4v) is 8.70. The van der Waals surface area contributed by atoms with Gasteiger partial charge in [0.1, 0.15) is 11.6 Å². The predicted octanol–water partition coefficient (Wildman–Crippen LogP) is 16.3. The molecule has 65 heavy (non-hydrogen) atoms. The Hall–Kier alpha value is -5.57. The molecular weight excluding hydrogens is 974 g/mol. The Morgan fingerprint density at radius 3 is 1.95 bits per heavy atom. The fraction of sp³-hybridized carbons (Fsp3) is 0.300. The minimum absolute atomic E-state index is 0. The number of nitrogens with zero attached hydrogens (tertiary/aromatic N) is 3. The third kappa shape index (κ3) is 8.92. The van der Waals surface area contributed by atoms with Crippen molar-refractivity contribution in [3.05, 3.63) is 167 Å². The van der Waals surface area contributed by atoms with Crippen molar-refractivity contribution in [2.45, 2.75) is 118 Å². The maximum absolute atomic E-state index is 11.6. The molecule has 336 valence electrons. The number of phenolic OH excluding ortho intramolecular Hbond substituents is 1. The van der Waals surface area contributed by atoms with Crippen molar-refractivity contribution in [2.75, 3.05) is 0 Å². The van der Waals surface area contributed by atoms with E-state index in [4.69, 9.17) is 17.3 Å². The molecule has 0 bridgehead atoms. The number of hydrogen-bond acceptors (Lipinski definition) is 3. The summed E-state index contributed by atoms with van der Waals surface area (Å²) in [6, 6.07) is 27.0. The van der Waals surface area contributed by atoms with Crippen LogP contribution in [0.2, 0.25) is 0 Å². The summed E-state index contributed by atoms with van der Waals surface area (Å²) in [5.74, 6) is 0.181. The zero-order valence-electron chi connectivity index (χ0n) is 51.6. The second-order valence-corrected chi connectivity index (χ2v) is 18.4. The standard InChI is InChI=1S/C60H64N3O.Pt/c1-12-59(10,13-2)49-22-19-23-50(60(11,14-3)15-4)55(49)43-30-31-52(40(6)34-43)63-53-24-18-21-47(56(53)62-57(63)48-20-16-17-25-54(48)64)44-35-45(37-46(36-44)58(7,8)9)51-38-42(32-33-61-51)41-28-26-39(5)27-29-41;/h16-34,36-38,64H,12-15H2,1-11H3;/q-1;/i5D3,6D3,26D,27D,28D,29D,32D,33D,38D;. The number of aryl methyl sites for hydroxylation is 1. The molecule has 0 radical (unpaired) electrons. The van der Waals surface area contributed by atoms with E-state index in [1.54, 1.807) is 41.0 Å². The van der Waals surface area contributed by atoms with E-state index in [1.165, 1.54) is 0 Å². The summed E-state index contributed by atoms with van der Waals surface area (Å²) in [5, 5.41) is 11.6. The Kier molecular flexibility index (Phi) is 9.50. The van der Waals surface area contributed by atoms with Gasteiger partial charge in [-0.15, -0.1) is 29.3 Å². The van der Waals surface area contributed by atoms with Crippen LogP contribution in [-0.2, 0) is 37.3 Å². The average Bonchev–Trinajstić information content (AvgIpc) is 3.91. The molecule has 0 spiro atoms. The van der Waals surface area contributed by atoms with Gasteiger partial charge >= 0.3 is 0 Å². The van der Waals surface area contributed by atoms with Gasteiger partial charge in [-0.25, -0.2) is 4.98 Å². The van der Waals surface area contributed by atoms with E-state index in [0.717, 1.165) is 53.5 Å². The largest absolute Gasteiger partial charge is 0.507 e. The van der Waals surface area contributed by atoms with Crippen LogP contribution in [0.1, 0.15) is 134 Å². The molecule has 4 nitrogen and oxygen atoms in total. The normalized spacial score (nSPS) is 15.4. The molecule has 2 heterocycles. The second-order valence-electron chi connectivity index (χ2n) is 18.4. The molecular formula is C60H64N3OPt-. The number of aromatic hydroxyl groups is 1. The van der Waals surface area contributed by atoms with Crippen LogP contribution in [0.3, 0.4) is 0 Å². The van der Waals surface area contributed by atoms with Crippen LogP contribution in [0.4, 0.5) is 0 Å². The van der Waals surface area contributed by atoms with Crippen molar-refractivity contribution in [3.8, 4) is 67.5 Å². The van der Waals surface area contributed by atoms with Crippen LogP contribution < -0.4 is 0 Å². The van der Waals surface area contributed by atoms with E-state index in [2.05, 4.69) is 70.8 Å². The van der Waals surface area contributed by atoms with E-state index in [1.807, 2.05) is 57.2 Å². The van der Waals surface area contributed by atoms with Gasteiger partial charge in [-0.1, -0.05) is 158 Å². The fourth-order valence-electron chi connectivity index (χ4n) is 8.70. The molecule has 0 unspecified atom stereocenters. The Bertz CT molecular complexity index is 3560. The zero-order valence-corrected chi connectivity index (χ0v) is 40.9. The summed E-state index contributed by atoms with van der Waals surface area (Å²) in [7, 11) is 0. The number of rotatable bonds is 12. The number of benzene rings is 6. The van der Waals surface area contributed by atoms with Crippen molar-refractivity contribution >= 4 is 11.0 Å². The van der Waals surface area contributed by atoms with E-state index in [9.17, 15) is 10.6 Å². The number of pyridine rings is 1. The van der Waals surface area contributed by atoms with Crippen LogP contribution in [0.15, 0.2) is 133 Å². The minimum Gasteiger partial charge on any atom is -0.507 e. The van der Waals surface area contributed by atoms with E-state index in [0.29, 0.717) is 33.4 Å². The third-order valence-electron chi connectivity index (χ3n) is 13.6. The number of phenols is 1. The smallest absolute Gasteiger partial charge is 0.148 e. The number of hydrogen-bond donors (Lipinski definition) is 1. The molecule has 0 fully saturated rings. The number of fused-ring (bicyclic) bond motifs is 1. The molecule has 0 aliphatic carbocycles.